The van der Waals surface area contributed by atoms with E-state index >= 15 is 8.78 Å². The monoisotopic (exact) mass is 448 g/mol. The molecule has 2 aromatic heterocycles. The highest BCUT2D eigenvalue weighted by atomic mass is 19.3. The fourth-order valence-electron chi connectivity index (χ4n) is 4.38. The third-order valence-electron chi connectivity index (χ3n) is 5.82. The van der Waals surface area contributed by atoms with Gasteiger partial charge in [0.1, 0.15) is 23.6 Å². The number of ketones is 1. The highest BCUT2D eigenvalue weighted by molar-refractivity contribution is 6.24. The van der Waals surface area contributed by atoms with Crippen LogP contribution in [0.2, 0.25) is 0 Å². The summed E-state index contributed by atoms with van der Waals surface area (Å²) in [5, 5.41) is 18.3. The topological polar surface area (TPSA) is 116 Å². The molecule has 5 rings (SSSR count). The van der Waals surface area contributed by atoms with Gasteiger partial charge in [0, 0.05) is 12.0 Å². The van der Waals surface area contributed by atoms with E-state index in [4.69, 9.17) is 0 Å². The third-order valence-corrected chi connectivity index (χ3v) is 5.82. The minimum atomic E-state index is -3.54. The number of amides is 1. The number of allylic oxidation sites excluding steroid dienone is 1. The average Bonchev–Trinajstić information content (AvgIpc) is 3.41. The molecule has 0 fully saturated rings. The Morgan fingerprint density at radius 1 is 1.33 bits per heavy atom. The maximum absolute atomic E-state index is 15.2. The maximum atomic E-state index is 15.2. The summed E-state index contributed by atoms with van der Waals surface area (Å²) in [5.74, 6) is -1.26. The number of rotatable bonds is 4. The Hall–Kier alpha value is -4.13. The summed E-state index contributed by atoms with van der Waals surface area (Å²) in [4.78, 5) is 30.0. The Morgan fingerprint density at radius 3 is 2.88 bits per heavy atom. The number of H-pyrrole nitrogens is 1. The van der Waals surface area contributed by atoms with Crippen molar-refractivity contribution in [3.63, 3.8) is 0 Å². The van der Waals surface area contributed by atoms with Crippen molar-refractivity contribution < 1.29 is 18.4 Å². The largest absolute Gasteiger partial charge is 0.339 e. The number of nitrogens with zero attached hydrogens (tertiary/aromatic N) is 4. The minimum absolute atomic E-state index is 0.0626. The van der Waals surface area contributed by atoms with Crippen LogP contribution in [0.15, 0.2) is 42.5 Å². The van der Waals surface area contributed by atoms with E-state index in [0.717, 1.165) is 5.56 Å². The van der Waals surface area contributed by atoms with Crippen molar-refractivity contribution >= 4 is 17.3 Å². The Labute approximate surface area is 186 Å². The van der Waals surface area contributed by atoms with Crippen LogP contribution < -0.4 is 5.32 Å². The molecule has 8 nitrogen and oxygen atoms in total. The lowest BCUT2D eigenvalue weighted by Crippen LogP contribution is -2.44. The van der Waals surface area contributed by atoms with Gasteiger partial charge in [0.15, 0.2) is 5.78 Å². The van der Waals surface area contributed by atoms with E-state index in [0.29, 0.717) is 35.2 Å². The van der Waals surface area contributed by atoms with Gasteiger partial charge in [-0.2, -0.15) is 14.0 Å². The number of Topliss-reactive ketones (excluding diaryl/α,β-unsaturated/α-hetero) is 1. The van der Waals surface area contributed by atoms with Crippen LogP contribution in [0.25, 0.3) is 5.57 Å². The van der Waals surface area contributed by atoms with Crippen LogP contribution in [0, 0.1) is 11.3 Å². The normalized spacial score (nSPS) is 18.6. The Morgan fingerprint density at radius 2 is 2.12 bits per heavy atom. The summed E-state index contributed by atoms with van der Waals surface area (Å²) in [6, 6.07) is 7.57. The average molecular weight is 448 g/mol. The van der Waals surface area contributed by atoms with Gasteiger partial charge in [-0.05, 0) is 30.0 Å². The summed E-state index contributed by atoms with van der Waals surface area (Å²) < 4.78 is 31.1. The molecule has 166 valence electrons. The third kappa shape index (κ3) is 3.61. The summed E-state index contributed by atoms with van der Waals surface area (Å²) in [6.45, 7) is 0. The van der Waals surface area contributed by atoms with Crippen molar-refractivity contribution in [3.8, 4) is 6.07 Å². The molecule has 0 radical (unpaired) electrons. The second-order valence-corrected chi connectivity index (χ2v) is 8.04. The molecule has 0 saturated carbocycles. The number of aryl methyl sites for hydroxylation is 1. The van der Waals surface area contributed by atoms with Crippen molar-refractivity contribution in [2.45, 2.75) is 37.8 Å². The van der Waals surface area contributed by atoms with Crippen molar-refractivity contribution in [1.29, 1.82) is 5.26 Å². The molecule has 1 aromatic carbocycles. The SMILES string of the molecule is N#Cc1cc2c3n1C(F)(F)CC(NC(=O)c1n[nH]c(Cc4ccccc4)n1)C(=O)C3=CCC2. The number of alkyl halides is 2. The first-order chi connectivity index (χ1) is 15.9. The smallest absolute Gasteiger partial charge is 0.332 e. The van der Waals surface area contributed by atoms with E-state index in [9.17, 15) is 14.9 Å². The molecule has 1 aliphatic carbocycles. The molecular formula is C23H18F2N6O2. The van der Waals surface area contributed by atoms with Crippen LogP contribution in [-0.4, -0.2) is 37.5 Å². The van der Waals surface area contributed by atoms with Crippen LogP contribution in [0.5, 0.6) is 0 Å². The molecule has 1 aliphatic heterocycles. The molecule has 1 unspecified atom stereocenters. The van der Waals surface area contributed by atoms with Crippen molar-refractivity contribution in [2.75, 3.05) is 0 Å². The molecule has 1 atom stereocenters. The number of nitriles is 1. The fourth-order valence-corrected chi connectivity index (χ4v) is 4.38. The van der Waals surface area contributed by atoms with E-state index in [1.54, 1.807) is 12.1 Å². The summed E-state index contributed by atoms with van der Waals surface area (Å²) >= 11 is 0. The summed E-state index contributed by atoms with van der Waals surface area (Å²) in [6.07, 6.45) is 1.96. The highest BCUT2D eigenvalue weighted by Crippen LogP contribution is 2.42. The van der Waals surface area contributed by atoms with Crippen LogP contribution in [0.4, 0.5) is 8.78 Å². The highest BCUT2D eigenvalue weighted by Gasteiger charge is 2.47. The van der Waals surface area contributed by atoms with Crippen molar-refractivity contribution in [3.05, 3.63) is 76.6 Å². The van der Waals surface area contributed by atoms with Gasteiger partial charge in [0.2, 0.25) is 5.82 Å². The fraction of sp³-hybridized carbons (Fsp3) is 0.261. The van der Waals surface area contributed by atoms with Gasteiger partial charge < -0.3 is 5.32 Å². The number of carbonyl (C=O) groups excluding carboxylic acids is 2. The molecule has 2 N–H and O–H groups in total. The number of aromatic nitrogens is 4. The number of nitrogens with one attached hydrogen (secondary N) is 2. The van der Waals surface area contributed by atoms with Crippen LogP contribution in [0.1, 0.15) is 51.8 Å². The molecule has 10 heteroatoms. The lowest BCUT2D eigenvalue weighted by molar-refractivity contribution is -0.122. The zero-order valence-corrected chi connectivity index (χ0v) is 17.3. The van der Waals surface area contributed by atoms with Crippen LogP contribution in [0.3, 0.4) is 0 Å². The standard InChI is InChI=1S/C23H18F2N6O2/c24-23(25)11-17(20(32)16-8-4-7-14-10-15(12-26)31(23)19(14)16)27-22(33)21-28-18(29-30-21)9-13-5-2-1-3-6-13/h1-3,5-6,8,10,17H,4,7,9,11H2,(H,27,33)(H,28,29,30). The van der Waals surface area contributed by atoms with Crippen LogP contribution in [-0.2, 0) is 23.7 Å². The number of benzene rings is 1. The molecular weight excluding hydrogens is 430 g/mol. The van der Waals surface area contributed by atoms with E-state index < -0.39 is 30.2 Å². The Kier molecular flexibility index (Phi) is 4.89. The molecule has 0 spiro atoms. The molecule has 0 bridgehead atoms. The van der Waals surface area contributed by atoms with Gasteiger partial charge in [0.05, 0.1) is 12.1 Å². The number of hydrogen-bond donors (Lipinski definition) is 2. The molecule has 33 heavy (non-hydrogen) atoms. The van der Waals surface area contributed by atoms with Crippen molar-refractivity contribution in [1.82, 2.24) is 25.1 Å². The molecule has 3 aromatic rings. The van der Waals surface area contributed by atoms with Gasteiger partial charge in [-0.3, -0.25) is 19.3 Å². The van der Waals surface area contributed by atoms with Gasteiger partial charge in [0.25, 0.3) is 5.91 Å². The van der Waals surface area contributed by atoms with E-state index in [-0.39, 0.29) is 22.8 Å². The number of halogens is 2. The molecule has 3 heterocycles. The molecule has 1 amide bonds. The lowest BCUT2D eigenvalue weighted by atomic mass is 9.91. The lowest BCUT2D eigenvalue weighted by Gasteiger charge is -2.22. The zero-order valence-electron chi connectivity index (χ0n) is 17.3. The van der Waals surface area contributed by atoms with Gasteiger partial charge >= 0.3 is 6.05 Å². The van der Waals surface area contributed by atoms with Crippen molar-refractivity contribution in [2.24, 2.45) is 0 Å². The van der Waals surface area contributed by atoms with Crippen LogP contribution >= 0.6 is 0 Å². The number of hydrogen-bond acceptors (Lipinski definition) is 5. The van der Waals surface area contributed by atoms with Gasteiger partial charge in [-0.25, -0.2) is 4.98 Å². The molecule has 2 aliphatic rings. The first-order valence-electron chi connectivity index (χ1n) is 10.4. The molecule has 0 saturated heterocycles. The first kappa shape index (κ1) is 20.8. The Balaban J connectivity index is 1.40. The Bertz CT molecular complexity index is 1330. The predicted molar refractivity (Wildman–Crippen MR) is 112 cm³/mol. The number of aromatic amines is 1. The number of carbonyl (C=O) groups is 2. The van der Waals surface area contributed by atoms with E-state index in [1.807, 2.05) is 30.3 Å². The summed E-state index contributed by atoms with van der Waals surface area (Å²) in [5.41, 5.74) is 1.43. The van der Waals surface area contributed by atoms with Gasteiger partial charge in [-0.15, -0.1) is 5.10 Å². The summed E-state index contributed by atoms with van der Waals surface area (Å²) in [7, 11) is 0. The minimum Gasteiger partial charge on any atom is -0.339 e. The van der Waals surface area contributed by atoms with E-state index in [1.165, 1.54) is 6.07 Å². The second kappa shape index (κ2) is 7.78. The van der Waals surface area contributed by atoms with Gasteiger partial charge in [-0.1, -0.05) is 36.4 Å². The second-order valence-electron chi connectivity index (χ2n) is 8.04. The predicted octanol–water partition coefficient (Wildman–Crippen LogP) is 2.72. The zero-order chi connectivity index (χ0) is 23.2. The first-order valence-corrected chi connectivity index (χ1v) is 10.4. The van der Waals surface area contributed by atoms with E-state index in [2.05, 4.69) is 20.5 Å². The maximum Gasteiger partial charge on any atom is 0.332 e. The quantitative estimate of drug-likeness (QED) is 0.637.